The summed E-state index contributed by atoms with van der Waals surface area (Å²) in [5.41, 5.74) is 2.51. The third-order valence-corrected chi connectivity index (χ3v) is 3.52. The Balaban J connectivity index is 1.99. The molecule has 1 unspecified atom stereocenters. The van der Waals surface area contributed by atoms with E-state index in [9.17, 15) is 9.18 Å². The Labute approximate surface area is 117 Å². The first-order chi connectivity index (χ1) is 9.54. The van der Waals surface area contributed by atoms with Gasteiger partial charge in [-0.25, -0.2) is 4.39 Å². The number of hydrogen-bond donors (Lipinski definition) is 0. The van der Waals surface area contributed by atoms with Crippen molar-refractivity contribution in [1.29, 1.82) is 0 Å². The summed E-state index contributed by atoms with van der Waals surface area (Å²) in [6, 6.07) is 9.87. The monoisotopic (exact) mass is 270 g/mol. The second kappa shape index (κ2) is 4.75. The molecule has 1 heterocycles. The number of rotatable bonds is 2. The van der Waals surface area contributed by atoms with Gasteiger partial charge in [0.2, 0.25) is 0 Å². The van der Waals surface area contributed by atoms with Gasteiger partial charge in [0.1, 0.15) is 17.7 Å². The minimum atomic E-state index is -0.481. The van der Waals surface area contributed by atoms with Crippen LogP contribution in [-0.4, -0.2) is 11.9 Å². The zero-order chi connectivity index (χ0) is 14.3. The van der Waals surface area contributed by atoms with E-state index in [1.807, 2.05) is 19.9 Å². The van der Waals surface area contributed by atoms with Gasteiger partial charge in [0, 0.05) is 12.0 Å². The molecule has 0 saturated carbocycles. The van der Waals surface area contributed by atoms with Crippen molar-refractivity contribution in [2.45, 2.75) is 26.4 Å². The molecule has 0 aromatic heterocycles. The maximum Gasteiger partial charge on any atom is 0.195 e. The van der Waals surface area contributed by atoms with Crippen LogP contribution in [0.4, 0.5) is 4.39 Å². The van der Waals surface area contributed by atoms with Crippen molar-refractivity contribution in [2.24, 2.45) is 0 Å². The van der Waals surface area contributed by atoms with E-state index in [-0.39, 0.29) is 17.5 Å². The zero-order valence-electron chi connectivity index (χ0n) is 11.4. The molecule has 1 aliphatic rings. The van der Waals surface area contributed by atoms with Crippen molar-refractivity contribution >= 4 is 5.78 Å². The summed E-state index contributed by atoms with van der Waals surface area (Å²) < 4.78 is 19.4. The number of ketones is 1. The molecule has 102 valence electrons. The number of ether oxygens (including phenoxy) is 1. The molecule has 0 fully saturated rings. The van der Waals surface area contributed by atoms with Crippen molar-refractivity contribution in [3.63, 3.8) is 0 Å². The van der Waals surface area contributed by atoms with Crippen LogP contribution < -0.4 is 4.74 Å². The third-order valence-electron chi connectivity index (χ3n) is 3.52. The highest BCUT2D eigenvalue weighted by molar-refractivity contribution is 6.09. The maximum absolute atomic E-state index is 13.8. The van der Waals surface area contributed by atoms with E-state index in [0.29, 0.717) is 5.56 Å². The quantitative estimate of drug-likeness (QED) is 0.778. The minimum absolute atomic E-state index is 0.122. The Kier molecular flexibility index (Phi) is 3.05. The number of benzene rings is 2. The molecule has 2 nitrogen and oxygen atoms in total. The van der Waals surface area contributed by atoms with Crippen molar-refractivity contribution in [3.05, 3.63) is 64.5 Å². The molecule has 2 aromatic rings. The molecule has 2 aromatic carbocycles. The zero-order valence-corrected chi connectivity index (χ0v) is 11.4. The van der Waals surface area contributed by atoms with E-state index in [2.05, 4.69) is 0 Å². The molecular formula is C17H15FO2. The summed E-state index contributed by atoms with van der Waals surface area (Å²) in [6.45, 7) is 3.83. The molecule has 0 saturated heterocycles. The fourth-order valence-electron chi connectivity index (χ4n) is 2.53. The van der Waals surface area contributed by atoms with Crippen LogP contribution in [0.5, 0.6) is 5.75 Å². The topological polar surface area (TPSA) is 26.3 Å². The molecule has 1 atom stereocenters. The number of fused-ring (bicyclic) bond motifs is 1. The van der Waals surface area contributed by atoms with Crippen LogP contribution in [0.1, 0.15) is 34.0 Å². The average molecular weight is 270 g/mol. The number of aryl methyl sites for hydroxylation is 1. The molecular weight excluding hydrogens is 255 g/mol. The lowest BCUT2D eigenvalue weighted by Gasteiger charge is -2.06. The fourth-order valence-corrected chi connectivity index (χ4v) is 2.53. The predicted octanol–water partition coefficient (Wildman–Crippen LogP) is 3.69. The van der Waals surface area contributed by atoms with Gasteiger partial charge in [-0.1, -0.05) is 11.6 Å². The van der Waals surface area contributed by atoms with Crippen molar-refractivity contribution in [2.75, 3.05) is 0 Å². The van der Waals surface area contributed by atoms with E-state index in [0.717, 1.165) is 23.3 Å². The minimum Gasteiger partial charge on any atom is -0.490 e. The summed E-state index contributed by atoms with van der Waals surface area (Å²) in [7, 11) is 0. The van der Waals surface area contributed by atoms with Crippen LogP contribution in [-0.2, 0) is 6.42 Å². The van der Waals surface area contributed by atoms with Crippen LogP contribution >= 0.6 is 0 Å². The van der Waals surface area contributed by atoms with Gasteiger partial charge in [-0.3, -0.25) is 4.79 Å². The summed E-state index contributed by atoms with van der Waals surface area (Å²) in [5.74, 6) is 0.0537. The first-order valence-corrected chi connectivity index (χ1v) is 6.65. The van der Waals surface area contributed by atoms with E-state index >= 15 is 0 Å². The van der Waals surface area contributed by atoms with Gasteiger partial charge in [-0.2, -0.15) is 0 Å². The average Bonchev–Trinajstić information content (AvgIpc) is 2.79. The smallest absolute Gasteiger partial charge is 0.195 e. The Hall–Kier alpha value is -2.16. The number of carbonyl (C=O) groups excluding carboxylic acids is 1. The van der Waals surface area contributed by atoms with Crippen molar-refractivity contribution < 1.29 is 13.9 Å². The highest BCUT2D eigenvalue weighted by Crippen LogP contribution is 2.30. The van der Waals surface area contributed by atoms with Gasteiger partial charge in [-0.15, -0.1) is 0 Å². The van der Waals surface area contributed by atoms with E-state index < -0.39 is 5.82 Å². The van der Waals surface area contributed by atoms with Crippen LogP contribution in [0, 0.1) is 12.7 Å². The summed E-state index contributed by atoms with van der Waals surface area (Å²) in [4.78, 5) is 12.4. The molecule has 3 heteroatoms. The highest BCUT2D eigenvalue weighted by atomic mass is 19.1. The maximum atomic E-state index is 13.8. The molecule has 0 amide bonds. The molecule has 20 heavy (non-hydrogen) atoms. The highest BCUT2D eigenvalue weighted by Gasteiger charge is 2.21. The Morgan fingerprint density at radius 2 is 2.05 bits per heavy atom. The van der Waals surface area contributed by atoms with Crippen LogP contribution in [0.3, 0.4) is 0 Å². The van der Waals surface area contributed by atoms with Gasteiger partial charge in [0.15, 0.2) is 5.78 Å². The standard InChI is InChI=1S/C17H15FO2/c1-10-3-5-15(18)14(7-10)17(19)12-4-6-16-13(9-12)8-11(2)20-16/h3-7,9,11H,8H2,1-2H3. The largest absolute Gasteiger partial charge is 0.490 e. The Morgan fingerprint density at radius 3 is 2.85 bits per heavy atom. The molecule has 3 rings (SSSR count). The number of carbonyl (C=O) groups is 1. The Bertz CT molecular complexity index is 691. The molecule has 0 aliphatic carbocycles. The van der Waals surface area contributed by atoms with Gasteiger partial charge in [0.05, 0.1) is 5.56 Å². The first-order valence-electron chi connectivity index (χ1n) is 6.65. The van der Waals surface area contributed by atoms with Gasteiger partial charge in [-0.05, 0) is 49.7 Å². The lowest BCUT2D eigenvalue weighted by Crippen LogP contribution is -2.05. The van der Waals surface area contributed by atoms with Crippen molar-refractivity contribution in [3.8, 4) is 5.75 Å². The molecule has 0 bridgehead atoms. The first kappa shape index (κ1) is 12.9. The van der Waals surface area contributed by atoms with E-state index in [4.69, 9.17) is 4.74 Å². The van der Waals surface area contributed by atoms with E-state index in [1.54, 1.807) is 24.3 Å². The second-order valence-corrected chi connectivity index (χ2v) is 5.27. The van der Waals surface area contributed by atoms with Gasteiger partial charge < -0.3 is 4.74 Å². The normalized spacial score (nSPS) is 16.6. The van der Waals surface area contributed by atoms with E-state index in [1.165, 1.54) is 6.07 Å². The lowest BCUT2D eigenvalue weighted by atomic mass is 9.98. The van der Waals surface area contributed by atoms with Gasteiger partial charge in [0.25, 0.3) is 0 Å². The summed E-state index contributed by atoms with van der Waals surface area (Å²) >= 11 is 0. The third kappa shape index (κ3) is 2.20. The molecule has 0 N–H and O–H groups in total. The number of halogens is 1. The SMILES string of the molecule is Cc1ccc(F)c(C(=O)c2ccc3c(c2)CC(C)O3)c1. The predicted molar refractivity (Wildman–Crippen MR) is 74.8 cm³/mol. The summed E-state index contributed by atoms with van der Waals surface area (Å²) in [5, 5.41) is 0. The number of hydrogen-bond acceptors (Lipinski definition) is 2. The lowest BCUT2D eigenvalue weighted by molar-refractivity contribution is 0.103. The fraction of sp³-hybridized carbons (Fsp3) is 0.235. The van der Waals surface area contributed by atoms with Crippen LogP contribution in [0.25, 0.3) is 0 Å². The van der Waals surface area contributed by atoms with Crippen LogP contribution in [0.2, 0.25) is 0 Å². The molecule has 0 radical (unpaired) electrons. The second-order valence-electron chi connectivity index (χ2n) is 5.27. The molecule has 0 spiro atoms. The Morgan fingerprint density at radius 1 is 1.25 bits per heavy atom. The van der Waals surface area contributed by atoms with Crippen molar-refractivity contribution in [1.82, 2.24) is 0 Å². The van der Waals surface area contributed by atoms with Crippen LogP contribution in [0.15, 0.2) is 36.4 Å². The van der Waals surface area contributed by atoms with Gasteiger partial charge >= 0.3 is 0 Å². The summed E-state index contributed by atoms with van der Waals surface area (Å²) in [6.07, 6.45) is 0.915. The molecule has 1 aliphatic heterocycles.